The van der Waals surface area contributed by atoms with Crippen molar-refractivity contribution in [1.29, 1.82) is 5.41 Å². The predicted octanol–water partition coefficient (Wildman–Crippen LogP) is 0.143. The minimum Gasteiger partial charge on any atom is -0.484 e. The molecule has 0 amide bonds. The van der Waals surface area contributed by atoms with Gasteiger partial charge in [-0.2, -0.15) is 0 Å². The summed E-state index contributed by atoms with van der Waals surface area (Å²) >= 11 is 0. The molecular weight excluding hydrogens is 182 g/mol. The molecule has 0 aromatic carbocycles. The van der Waals surface area contributed by atoms with Gasteiger partial charge in [-0.15, -0.1) is 0 Å². The second kappa shape index (κ2) is 3.63. The molecule has 74 valence electrons. The van der Waals surface area contributed by atoms with Crippen molar-refractivity contribution in [2.24, 2.45) is 5.73 Å². The summed E-state index contributed by atoms with van der Waals surface area (Å²) in [6.45, 7) is 1.27. The number of ether oxygens (including phenoxy) is 2. The van der Waals surface area contributed by atoms with Gasteiger partial charge in [-0.05, 0) is 12.1 Å². The number of amidine groups is 1. The molecule has 5 nitrogen and oxygen atoms in total. The van der Waals surface area contributed by atoms with Crippen LogP contribution in [-0.2, 0) is 4.74 Å². The molecule has 0 bridgehead atoms. The van der Waals surface area contributed by atoms with Gasteiger partial charge in [0.1, 0.15) is 23.4 Å². The number of aromatic nitrogens is 1. The zero-order valence-electron chi connectivity index (χ0n) is 7.56. The summed E-state index contributed by atoms with van der Waals surface area (Å²) < 4.78 is 10.5. The lowest BCUT2D eigenvalue weighted by Gasteiger charge is -2.26. The number of hydrogen-bond acceptors (Lipinski definition) is 4. The van der Waals surface area contributed by atoms with Crippen molar-refractivity contribution in [2.45, 2.75) is 6.10 Å². The Kier molecular flexibility index (Phi) is 2.32. The van der Waals surface area contributed by atoms with Crippen LogP contribution in [0.15, 0.2) is 18.3 Å². The van der Waals surface area contributed by atoms with Crippen LogP contribution in [0.3, 0.4) is 0 Å². The van der Waals surface area contributed by atoms with Gasteiger partial charge in [-0.3, -0.25) is 5.41 Å². The zero-order valence-corrected chi connectivity index (χ0v) is 7.56. The fraction of sp³-hybridized carbons (Fsp3) is 0.333. The van der Waals surface area contributed by atoms with Crippen molar-refractivity contribution in [3.05, 3.63) is 24.0 Å². The monoisotopic (exact) mass is 193 g/mol. The van der Waals surface area contributed by atoms with E-state index in [2.05, 4.69) is 4.98 Å². The molecule has 14 heavy (non-hydrogen) atoms. The van der Waals surface area contributed by atoms with Crippen LogP contribution >= 0.6 is 0 Å². The number of nitrogens with zero attached hydrogens (tertiary/aromatic N) is 1. The normalized spacial score (nSPS) is 16.0. The number of nitrogens with one attached hydrogen (secondary N) is 1. The molecule has 0 saturated carbocycles. The van der Waals surface area contributed by atoms with Crippen molar-refractivity contribution in [3.8, 4) is 5.75 Å². The molecular formula is C9H11N3O2. The van der Waals surface area contributed by atoms with Crippen LogP contribution in [0.25, 0.3) is 0 Å². The predicted molar refractivity (Wildman–Crippen MR) is 50.5 cm³/mol. The lowest BCUT2D eigenvalue weighted by atomic mass is 10.3. The summed E-state index contributed by atoms with van der Waals surface area (Å²) in [5.41, 5.74) is 5.72. The van der Waals surface area contributed by atoms with Crippen LogP contribution in [-0.4, -0.2) is 30.1 Å². The first-order valence-corrected chi connectivity index (χ1v) is 4.30. The summed E-state index contributed by atoms with van der Waals surface area (Å²) in [6.07, 6.45) is 1.70. The molecule has 1 aliphatic rings. The van der Waals surface area contributed by atoms with E-state index in [9.17, 15) is 0 Å². The van der Waals surface area contributed by atoms with E-state index in [1.807, 2.05) is 0 Å². The summed E-state index contributed by atoms with van der Waals surface area (Å²) in [7, 11) is 0. The van der Waals surface area contributed by atoms with Crippen molar-refractivity contribution in [2.75, 3.05) is 13.2 Å². The number of hydrogen-bond donors (Lipinski definition) is 2. The summed E-state index contributed by atoms with van der Waals surface area (Å²) in [4.78, 5) is 3.97. The van der Waals surface area contributed by atoms with Crippen LogP contribution in [0, 0.1) is 5.41 Å². The molecule has 1 aromatic heterocycles. The van der Waals surface area contributed by atoms with Gasteiger partial charge < -0.3 is 15.2 Å². The molecule has 2 rings (SSSR count). The summed E-state index contributed by atoms with van der Waals surface area (Å²) in [6, 6.07) is 3.42. The molecule has 3 N–H and O–H groups in total. The first-order valence-electron chi connectivity index (χ1n) is 4.30. The van der Waals surface area contributed by atoms with Gasteiger partial charge in [0.15, 0.2) is 0 Å². The van der Waals surface area contributed by atoms with Gasteiger partial charge >= 0.3 is 0 Å². The second-order valence-corrected chi connectivity index (χ2v) is 3.07. The molecule has 1 saturated heterocycles. The summed E-state index contributed by atoms with van der Waals surface area (Å²) in [5, 5.41) is 7.15. The Morgan fingerprint density at radius 2 is 2.36 bits per heavy atom. The van der Waals surface area contributed by atoms with Gasteiger partial charge in [0.25, 0.3) is 0 Å². The maximum atomic E-state index is 7.15. The fourth-order valence-electron chi connectivity index (χ4n) is 1.08. The molecule has 0 spiro atoms. The maximum Gasteiger partial charge on any atom is 0.145 e. The van der Waals surface area contributed by atoms with Crippen LogP contribution < -0.4 is 10.5 Å². The van der Waals surface area contributed by atoms with E-state index in [1.165, 1.54) is 0 Å². The minimum atomic E-state index is -0.0384. The quantitative estimate of drug-likeness (QED) is 0.528. The molecule has 1 aliphatic heterocycles. The first-order chi connectivity index (χ1) is 6.75. The highest BCUT2D eigenvalue weighted by Gasteiger charge is 2.19. The van der Waals surface area contributed by atoms with E-state index >= 15 is 0 Å². The van der Waals surface area contributed by atoms with Gasteiger partial charge in [0.05, 0.1) is 19.4 Å². The van der Waals surface area contributed by atoms with E-state index in [-0.39, 0.29) is 11.9 Å². The topological polar surface area (TPSA) is 81.2 Å². The molecule has 0 unspecified atom stereocenters. The molecule has 1 fully saturated rings. The van der Waals surface area contributed by atoms with Gasteiger partial charge in [0.2, 0.25) is 0 Å². The number of nitrogen functional groups attached to an aromatic ring is 1. The van der Waals surface area contributed by atoms with E-state index in [0.717, 1.165) is 0 Å². The van der Waals surface area contributed by atoms with Crippen molar-refractivity contribution in [3.63, 3.8) is 0 Å². The molecule has 2 heterocycles. The molecule has 1 aromatic rings. The third-order valence-corrected chi connectivity index (χ3v) is 1.92. The number of nitrogens with two attached hydrogens (primary N) is 1. The minimum absolute atomic E-state index is 0.0384. The van der Waals surface area contributed by atoms with E-state index in [4.69, 9.17) is 20.6 Å². The van der Waals surface area contributed by atoms with Crippen LogP contribution in [0.1, 0.15) is 5.69 Å². The zero-order chi connectivity index (χ0) is 9.97. The highest BCUT2D eigenvalue weighted by Crippen LogP contribution is 2.14. The van der Waals surface area contributed by atoms with Gasteiger partial charge in [0, 0.05) is 0 Å². The Morgan fingerprint density at radius 3 is 2.79 bits per heavy atom. The Balaban J connectivity index is 2.01. The highest BCUT2D eigenvalue weighted by molar-refractivity contribution is 5.92. The van der Waals surface area contributed by atoms with Gasteiger partial charge in [-0.25, -0.2) is 4.98 Å². The third-order valence-electron chi connectivity index (χ3n) is 1.92. The average Bonchev–Trinajstić information content (AvgIpc) is 2.12. The van der Waals surface area contributed by atoms with E-state index in [1.54, 1.807) is 18.3 Å². The smallest absolute Gasteiger partial charge is 0.145 e. The Bertz CT molecular complexity index is 332. The second-order valence-electron chi connectivity index (χ2n) is 3.07. The lowest BCUT2D eigenvalue weighted by molar-refractivity contribution is -0.0798. The van der Waals surface area contributed by atoms with Gasteiger partial charge in [-0.1, -0.05) is 0 Å². The van der Waals surface area contributed by atoms with Crippen LogP contribution in [0.2, 0.25) is 0 Å². The third kappa shape index (κ3) is 1.82. The molecule has 0 radical (unpaired) electrons. The molecule has 0 atom stereocenters. The first kappa shape index (κ1) is 8.96. The maximum absolute atomic E-state index is 7.15. The molecule has 5 heteroatoms. The lowest BCUT2D eigenvalue weighted by Crippen LogP contribution is -2.38. The summed E-state index contributed by atoms with van der Waals surface area (Å²) in [5.74, 6) is 0.645. The van der Waals surface area contributed by atoms with Crippen molar-refractivity contribution in [1.82, 2.24) is 4.98 Å². The number of pyridine rings is 1. The van der Waals surface area contributed by atoms with E-state index < -0.39 is 0 Å². The SMILES string of the molecule is N=C(N)c1ccc(OC2COC2)cn1. The van der Waals surface area contributed by atoms with Crippen molar-refractivity contribution < 1.29 is 9.47 Å². The van der Waals surface area contributed by atoms with Crippen LogP contribution in [0.4, 0.5) is 0 Å². The number of rotatable bonds is 3. The van der Waals surface area contributed by atoms with Crippen molar-refractivity contribution >= 4 is 5.84 Å². The Morgan fingerprint density at radius 1 is 1.57 bits per heavy atom. The Labute approximate surface area is 81.4 Å². The standard InChI is InChI=1S/C9H11N3O2/c10-9(11)8-2-1-6(3-12-8)14-7-4-13-5-7/h1-3,7H,4-5H2,(H3,10,11). The molecule has 0 aliphatic carbocycles. The Hall–Kier alpha value is -1.62. The highest BCUT2D eigenvalue weighted by atomic mass is 16.6. The van der Waals surface area contributed by atoms with Crippen LogP contribution in [0.5, 0.6) is 5.75 Å². The largest absolute Gasteiger partial charge is 0.484 e. The van der Waals surface area contributed by atoms with E-state index in [0.29, 0.717) is 24.7 Å². The average molecular weight is 193 g/mol. The fourth-order valence-corrected chi connectivity index (χ4v) is 1.08.